The first-order chi connectivity index (χ1) is 13.9. The molecule has 0 unspecified atom stereocenters. The molecule has 7 heteroatoms. The van der Waals surface area contributed by atoms with Crippen LogP contribution in [0.3, 0.4) is 0 Å². The van der Waals surface area contributed by atoms with E-state index in [1.165, 1.54) is 0 Å². The second-order valence-corrected chi connectivity index (χ2v) is 7.06. The maximum atomic E-state index is 12.3. The molecule has 0 aliphatic carbocycles. The van der Waals surface area contributed by atoms with Gasteiger partial charge in [0.25, 0.3) is 5.91 Å². The number of esters is 1. The first-order valence-corrected chi connectivity index (χ1v) is 9.35. The summed E-state index contributed by atoms with van der Waals surface area (Å²) in [4.78, 5) is 38.3. The topological polar surface area (TPSA) is 84.9 Å². The van der Waals surface area contributed by atoms with E-state index in [1.807, 2.05) is 32.0 Å². The predicted molar refractivity (Wildman–Crippen MR) is 109 cm³/mol. The van der Waals surface area contributed by atoms with Gasteiger partial charge in [-0.15, -0.1) is 0 Å². The predicted octanol–water partition coefficient (Wildman–Crippen LogP) is 2.85. The molecule has 0 saturated carbocycles. The Labute approximate surface area is 169 Å². The molecule has 7 nitrogen and oxygen atoms in total. The van der Waals surface area contributed by atoms with Crippen LogP contribution in [0.4, 0.5) is 11.4 Å². The summed E-state index contributed by atoms with van der Waals surface area (Å²) in [6, 6.07) is 12.6. The maximum absolute atomic E-state index is 12.3. The molecule has 0 aromatic heterocycles. The van der Waals surface area contributed by atoms with Crippen LogP contribution in [0.5, 0.6) is 5.75 Å². The lowest BCUT2D eigenvalue weighted by Gasteiger charge is -2.17. The largest absolute Gasteiger partial charge is 0.497 e. The quantitative estimate of drug-likeness (QED) is 0.759. The fourth-order valence-corrected chi connectivity index (χ4v) is 3.13. The number of ether oxygens (including phenoxy) is 2. The Morgan fingerprint density at radius 3 is 2.48 bits per heavy atom. The molecule has 1 atom stereocenters. The van der Waals surface area contributed by atoms with E-state index in [2.05, 4.69) is 5.32 Å². The number of carbonyl (C=O) groups excluding carboxylic acids is 3. The number of anilines is 2. The van der Waals surface area contributed by atoms with Crippen LogP contribution >= 0.6 is 0 Å². The van der Waals surface area contributed by atoms with Gasteiger partial charge in [0, 0.05) is 24.3 Å². The molecule has 1 heterocycles. The van der Waals surface area contributed by atoms with E-state index in [4.69, 9.17) is 9.47 Å². The molecule has 1 saturated heterocycles. The fourth-order valence-electron chi connectivity index (χ4n) is 3.13. The molecular formula is C22H24N2O5. The minimum atomic E-state index is -0.585. The van der Waals surface area contributed by atoms with E-state index in [9.17, 15) is 14.4 Å². The zero-order valence-electron chi connectivity index (χ0n) is 16.7. The maximum Gasteiger partial charge on any atom is 0.311 e. The van der Waals surface area contributed by atoms with Crippen LogP contribution < -0.4 is 15.0 Å². The third kappa shape index (κ3) is 4.93. The molecule has 1 N–H and O–H groups in total. The molecule has 2 amide bonds. The van der Waals surface area contributed by atoms with Gasteiger partial charge in [0.2, 0.25) is 5.91 Å². The summed E-state index contributed by atoms with van der Waals surface area (Å²) in [5.74, 6) is -1.03. The second kappa shape index (κ2) is 8.77. The Bertz CT molecular complexity index is 923. The zero-order valence-corrected chi connectivity index (χ0v) is 16.7. The van der Waals surface area contributed by atoms with Gasteiger partial charge in [0.05, 0.1) is 13.0 Å². The number of nitrogens with zero attached hydrogens (tertiary/aromatic N) is 1. The average molecular weight is 396 g/mol. The lowest BCUT2D eigenvalue weighted by Crippen LogP contribution is -2.28. The number of benzene rings is 2. The number of amides is 2. The van der Waals surface area contributed by atoms with Gasteiger partial charge in [-0.3, -0.25) is 14.4 Å². The molecule has 152 valence electrons. The lowest BCUT2D eigenvalue weighted by molar-refractivity contribution is -0.151. The van der Waals surface area contributed by atoms with Gasteiger partial charge < -0.3 is 19.7 Å². The van der Waals surface area contributed by atoms with E-state index in [1.54, 1.807) is 36.3 Å². The first-order valence-electron chi connectivity index (χ1n) is 9.35. The fraction of sp³-hybridized carbons (Fsp3) is 0.318. The van der Waals surface area contributed by atoms with Crippen molar-refractivity contribution in [2.75, 3.05) is 30.5 Å². The second-order valence-electron chi connectivity index (χ2n) is 7.06. The van der Waals surface area contributed by atoms with Crippen LogP contribution in [-0.2, 0) is 19.1 Å². The Balaban J connectivity index is 1.52. The summed E-state index contributed by atoms with van der Waals surface area (Å²) in [6.07, 6.45) is 0.0753. The van der Waals surface area contributed by atoms with Crippen LogP contribution in [-0.4, -0.2) is 38.0 Å². The van der Waals surface area contributed by atoms with Crippen molar-refractivity contribution in [2.45, 2.75) is 20.3 Å². The highest BCUT2D eigenvalue weighted by Crippen LogP contribution is 2.27. The molecule has 0 bridgehead atoms. The lowest BCUT2D eigenvalue weighted by atomic mass is 10.1. The summed E-state index contributed by atoms with van der Waals surface area (Å²) >= 11 is 0. The molecule has 2 aromatic carbocycles. The number of rotatable bonds is 6. The number of methoxy groups -OCH3 is 1. The highest BCUT2D eigenvalue weighted by atomic mass is 16.5. The summed E-state index contributed by atoms with van der Waals surface area (Å²) in [7, 11) is 1.56. The van der Waals surface area contributed by atoms with Gasteiger partial charge in [0.15, 0.2) is 6.61 Å². The van der Waals surface area contributed by atoms with E-state index in [0.29, 0.717) is 11.4 Å². The molecule has 1 aliphatic heterocycles. The van der Waals surface area contributed by atoms with Crippen LogP contribution in [0.2, 0.25) is 0 Å². The van der Waals surface area contributed by atoms with Crippen molar-refractivity contribution < 1.29 is 23.9 Å². The first kappa shape index (κ1) is 20.4. The summed E-state index contributed by atoms with van der Waals surface area (Å²) in [5.41, 5.74) is 3.56. The van der Waals surface area contributed by atoms with Gasteiger partial charge in [-0.1, -0.05) is 6.07 Å². The molecule has 2 aromatic rings. The highest BCUT2D eigenvalue weighted by Gasteiger charge is 2.36. The molecule has 0 radical (unpaired) electrons. The molecule has 1 fully saturated rings. The number of nitrogens with one attached hydrogen (secondary N) is 1. The minimum absolute atomic E-state index is 0.0753. The van der Waals surface area contributed by atoms with E-state index < -0.39 is 24.4 Å². The third-order valence-electron chi connectivity index (χ3n) is 4.98. The third-order valence-corrected chi connectivity index (χ3v) is 4.98. The van der Waals surface area contributed by atoms with Crippen molar-refractivity contribution in [1.29, 1.82) is 0 Å². The van der Waals surface area contributed by atoms with Crippen LogP contribution in [0.15, 0.2) is 42.5 Å². The van der Waals surface area contributed by atoms with Crippen LogP contribution in [0, 0.1) is 19.8 Å². The normalized spacial score (nSPS) is 15.9. The zero-order chi connectivity index (χ0) is 21.0. The van der Waals surface area contributed by atoms with Crippen molar-refractivity contribution in [3.05, 3.63) is 53.6 Å². The molecule has 0 spiro atoms. The Morgan fingerprint density at radius 2 is 1.83 bits per heavy atom. The summed E-state index contributed by atoms with van der Waals surface area (Å²) < 4.78 is 10.2. The summed E-state index contributed by atoms with van der Waals surface area (Å²) in [5, 5.41) is 2.65. The van der Waals surface area contributed by atoms with E-state index in [-0.39, 0.29) is 18.9 Å². The van der Waals surface area contributed by atoms with Crippen LogP contribution in [0.1, 0.15) is 17.5 Å². The van der Waals surface area contributed by atoms with E-state index >= 15 is 0 Å². The van der Waals surface area contributed by atoms with Crippen molar-refractivity contribution in [3.8, 4) is 5.75 Å². The van der Waals surface area contributed by atoms with Crippen molar-refractivity contribution in [3.63, 3.8) is 0 Å². The molecule has 1 aliphatic rings. The average Bonchev–Trinajstić information content (AvgIpc) is 3.10. The molecule has 29 heavy (non-hydrogen) atoms. The van der Waals surface area contributed by atoms with Gasteiger partial charge >= 0.3 is 5.97 Å². The highest BCUT2D eigenvalue weighted by molar-refractivity contribution is 6.00. The monoisotopic (exact) mass is 396 g/mol. The minimum Gasteiger partial charge on any atom is -0.497 e. The summed E-state index contributed by atoms with van der Waals surface area (Å²) in [6.45, 7) is 3.83. The smallest absolute Gasteiger partial charge is 0.311 e. The number of hydrogen-bond acceptors (Lipinski definition) is 5. The van der Waals surface area contributed by atoms with Crippen LogP contribution in [0.25, 0.3) is 0 Å². The molecule has 3 rings (SSSR count). The van der Waals surface area contributed by atoms with Crippen molar-refractivity contribution in [1.82, 2.24) is 0 Å². The van der Waals surface area contributed by atoms with Gasteiger partial charge in [-0.25, -0.2) is 0 Å². The standard InChI is InChI=1S/C22H24N2O5/c1-14-4-7-18(10-15(14)2)24-12-16(11-21(24)26)22(27)29-13-20(25)23-17-5-8-19(28-3)9-6-17/h4-10,16H,11-13H2,1-3H3,(H,23,25)/t16-/m0/s1. The Kier molecular flexibility index (Phi) is 6.16. The number of carbonyl (C=O) groups is 3. The molecular weight excluding hydrogens is 372 g/mol. The number of hydrogen-bond donors (Lipinski definition) is 1. The van der Waals surface area contributed by atoms with Gasteiger partial charge in [0.1, 0.15) is 5.75 Å². The van der Waals surface area contributed by atoms with E-state index in [0.717, 1.165) is 16.8 Å². The van der Waals surface area contributed by atoms with Gasteiger partial charge in [-0.2, -0.15) is 0 Å². The van der Waals surface area contributed by atoms with Gasteiger partial charge in [-0.05, 0) is 61.4 Å². The SMILES string of the molecule is COc1ccc(NC(=O)COC(=O)[C@H]2CC(=O)N(c3ccc(C)c(C)c3)C2)cc1. The van der Waals surface area contributed by atoms with Crippen molar-refractivity contribution >= 4 is 29.2 Å². The Morgan fingerprint density at radius 1 is 1.10 bits per heavy atom. The Hall–Kier alpha value is -3.35. The van der Waals surface area contributed by atoms with Crippen molar-refractivity contribution in [2.24, 2.45) is 5.92 Å². The number of aryl methyl sites for hydroxylation is 2.